The first-order chi connectivity index (χ1) is 12.3. The second-order valence-electron chi connectivity index (χ2n) is 6.81. The van der Waals surface area contributed by atoms with Gasteiger partial charge in [0, 0.05) is 36.7 Å². The van der Waals surface area contributed by atoms with Crippen LogP contribution in [-0.4, -0.2) is 49.9 Å². The standard InChI is InChI=1S/C19H24N2O4/c1-23-17-4-2-3-15(17)16-12-24-10-8-21(16)19(22)20-14-6-5-13-7-9-25-18(13)11-14/h5-7,9,11,15-17H,2-4,8,10,12H2,1H3,(H,20,22)/t15-,16+,17+/m0/s1. The van der Waals surface area contributed by atoms with E-state index in [1.165, 1.54) is 0 Å². The Morgan fingerprint density at radius 2 is 2.24 bits per heavy atom. The maximum absolute atomic E-state index is 12.9. The molecule has 1 aliphatic heterocycles. The molecule has 6 nitrogen and oxygen atoms in total. The number of amides is 2. The molecule has 25 heavy (non-hydrogen) atoms. The van der Waals surface area contributed by atoms with Gasteiger partial charge >= 0.3 is 6.03 Å². The molecule has 1 N–H and O–H groups in total. The van der Waals surface area contributed by atoms with Gasteiger partial charge in [0.15, 0.2) is 0 Å². The van der Waals surface area contributed by atoms with E-state index in [2.05, 4.69) is 5.32 Å². The first-order valence-electron chi connectivity index (χ1n) is 8.91. The quantitative estimate of drug-likeness (QED) is 0.926. The first kappa shape index (κ1) is 16.4. The van der Waals surface area contributed by atoms with Crippen LogP contribution in [0, 0.1) is 5.92 Å². The van der Waals surface area contributed by atoms with Crippen LogP contribution in [0.3, 0.4) is 0 Å². The van der Waals surface area contributed by atoms with Crippen LogP contribution < -0.4 is 5.32 Å². The summed E-state index contributed by atoms with van der Waals surface area (Å²) in [4.78, 5) is 14.8. The fourth-order valence-electron chi connectivity index (χ4n) is 4.14. The van der Waals surface area contributed by atoms with E-state index in [1.54, 1.807) is 13.4 Å². The topological polar surface area (TPSA) is 63.9 Å². The maximum atomic E-state index is 12.9. The highest BCUT2D eigenvalue weighted by atomic mass is 16.5. The van der Waals surface area contributed by atoms with Crippen molar-refractivity contribution >= 4 is 22.7 Å². The van der Waals surface area contributed by atoms with Gasteiger partial charge in [0.2, 0.25) is 0 Å². The molecule has 1 saturated heterocycles. The highest BCUT2D eigenvalue weighted by Gasteiger charge is 2.40. The highest BCUT2D eigenvalue weighted by Crippen LogP contribution is 2.34. The van der Waals surface area contributed by atoms with Gasteiger partial charge in [0.1, 0.15) is 5.58 Å². The van der Waals surface area contributed by atoms with E-state index in [0.29, 0.717) is 25.7 Å². The fraction of sp³-hybridized carbons (Fsp3) is 0.526. The number of rotatable bonds is 3. The van der Waals surface area contributed by atoms with E-state index < -0.39 is 0 Å². The number of fused-ring (bicyclic) bond motifs is 1. The van der Waals surface area contributed by atoms with E-state index in [1.807, 2.05) is 29.2 Å². The van der Waals surface area contributed by atoms with Gasteiger partial charge < -0.3 is 24.1 Å². The zero-order valence-corrected chi connectivity index (χ0v) is 14.4. The van der Waals surface area contributed by atoms with Gasteiger partial charge in [-0.05, 0) is 31.0 Å². The average molecular weight is 344 g/mol. The lowest BCUT2D eigenvalue weighted by Gasteiger charge is -2.40. The summed E-state index contributed by atoms with van der Waals surface area (Å²) in [6.07, 6.45) is 5.14. The number of hydrogen-bond acceptors (Lipinski definition) is 4. The largest absolute Gasteiger partial charge is 0.464 e. The number of hydrogen-bond donors (Lipinski definition) is 1. The molecule has 1 aliphatic carbocycles. The monoisotopic (exact) mass is 344 g/mol. The molecule has 0 bridgehead atoms. The molecular formula is C19H24N2O4. The Morgan fingerprint density at radius 1 is 1.32 bits per heavy atom. The van der Waals surface area contributed by atoms with Crippen LogP contribution in [0.2, 0.25) is 0 Å². The smallest absolute Gasteiger partial charge is 0.322 e. The third kappa shape index (κ3) is 3.24. The zero-order chi connectivity index (χ0) is 17.2. The number of methoxy groups -OCH3 is 1. The predicted molar refractivity (Wildman–Crippen MR) is 94.7 cm³/mol. The summed E-state index contributed by atoms with van der Waals surface area (Å²) in [7, 11) is 1.76. The number of nitrogens with zero attached hydrogens (tertiary/aromatic N) is 1. The molecule has 2 heterocycles. The molecule has 3 atom stereocenters. The van der Waals surface area contributed by atoms with Gasteiger partial charge in [0.25, 0.3) is 0 Å². The van der Waals surface area contributed by atoms with Gasteiger partial charge in [-0.2, -0.15) is 0 Å². The average Bonchev–Trinajstić information content (AvgIpc) is 3.30. The number of anilines is 1. The molecule has 4 rings (SSSR count). The molecule has 1 aromatic heterocycles. The van der Waals surface area contributed by atoms with Crippen LogP contribution in [0.5, 0.6) is 0 Å². The SMILES string of the molecule is CO[C@@H]1CCC[C@H]1[C@H]1COCCN1C(=O)Nc1ccc2ccoc2c1. The Morgan fingerprint density at radius 3 is 3.12 bits per heavy atom. The Bertz CT molecular complexity index is 744. The molecule has 1 saturated carbocycles. The van der Waals surface area contributed by atoms with Crippen molar-refractivity contribution in [3.8, 4) is 0 Å². The van der Waals surface area contributed by atoms with Gasteiger partial charge in [-0.15, -0.1) is 0 Å². The Labute approximate surface area is 147 Å². The van der Waals surface area contributed by atoms with Crippen molar-refractivity contribution in [2.24, 2.45) is 5.92 Å². The number of carbonyl (C=O) groups excluding carboxylic acids is 1. The van der Waals surface area contributed by atoms with Gasteiger partial charge in [-0.1, -0.05) is 6.42 Å². The van der Waals surface area contributed by atoms with Gasteiger partial charge in [-0.25, -0.2) is 4.79 Å². The molecule has 1 aromatic carbocycles. The molecule has 2 aromatic rings. The third-order valence-corrected chi connectivity index (χ3v) is 5.43. The predicted octanol–water partition coefficient (Wildman–Crippen LogP) is 3.48. The lowest BCUT2D eigenvalue weighted by molar-refractivity contribution is -0.0379. The summed E-state index contributed by atoms with van der Waals surface area (Å²) in [5.74, 6) is 0.337. The van der Waals surface area contributed by atoms with Crippen molar-refractivity contribution in [2.45, 2.75) is 31.4 Å². The third-order valence-electron chi connectivity index (χ3n) is 5.43. The van der Waals surface area contributed by atoms with Crippen LogP contribution in [0.4, 0.5) is 10.5 Å². The normalized spacial score (nSPS) is 26.9. The number of benzene rings is 1. The molecule has 6 heteroatoms. The number of nitrogens with one attached hydrogen (secondary N) is 1. The summed E-state index contributed by atoms with van der Waals surface area (Å²) in [5.41, 5.74) is 1.51. The molecular weight excluding hydrogens is 320 g/mol. The van der Waals surface area contributed by atoms with Gasteiger partial charge in [0.05, 0.1) is 31.6 Å². The van der Waals surface area contributed by atoms with E-state index >= 15 is 0 Å². The van der Waals surface area contributed by atoms with Crippen LogP contribution in [-0.2, 0) is 9.47 Å². The molecule has 0 unspecified atom stereocenters. The van der Waals surface area contributed by atoms with E-state index in [-0.39, 0.29) is 18.2 Å². The molecule has 2 amide bonds. The van der Waals surface area contributed by atoms with E-state index in [9.17, 15) is 4.79 Å². The number of furan rings is 1. The Balaban J connectivity index is 1.50. The molecule has 0 spiro atoms. The fourth-order valence-corrected chi connectivity index (χ4v) is 4.14. The summed E-state index contributed by atoms with van der Waals surface area (Å²) in [6, 6.07) is 7.59. The number of carbonyl (C=O) groups is 1. The van der Waals surface area contributed by atoms with Crippen LogP contribution in [0.15, 0.2) is 34.9 Å². The number of urea groups is 1. The van der Waals surface area contributed by atoms with E-state index in [4.69, 9.17) is 13.9 Å². The van der Waals surface area contributed by atoms with Crippen molar-refractivity contribution in [2.75, 3.05) is 32.2 Å². The maximum Gasteiger partial charge on any atom is 0.322 e. The minimum atomic E-state index is -0.0824. The molecule has 2 fully saturated rings. The second-order valence-corrected chi connectivity index (χ2v) is 6.81. The van der Waals surface area contributed by atoms with Crippen molar-refractivity contribution in [3.63, 3.8) is 0 Å². The van der Waals surface area contributed by atoms with Crippen molar-refractivity contribution in [3.05, 3.63) is 30.5 Å². The first-order valence-corrected chi connectivity index (χ1v) is 8.91. The number of ether oxygens (including phenoxy) is 2. The van der Waals surface area contributed by atoms with Crippen molar-refractivity contribution in [1.82, 2.24) is 4.90 Å². The van der Waals surface area contributed by atoms with Crippen LogP contribution >= 0.6 is 0 Å². The minimum absolute atomic E-state index is 0.0635. The summed E-state index contributed by atoms with van der Waals surface area (Å²) in [6.45, 7) is 1.76. The van der Waals surface area contributed by atoms with Crippen LogP contribution in [0.25, 0.3) is 11.0 Å². The lowest BCUT2D eigenvalue weighted by atomic mass is 9.94. The molecule has 0 radical (unpaired) electrons. The minimum Gasteiger partial charge on any atom is -0.464 e. The highest BCUT2D eigenvalue weighted by molar-refractivity contribution is 5.92. The van der Waals surface area contributed by atoms with Gasteiger partial charge in [-0.3, -0.25) is 0 Å². The molecule has 134 valence electrons. The lowest BCUT2D eigenvalue weighted by Crippen LogP contribution is -2.55. The zero-order valence-electron chi connectivity index (χ0n) is 14.4. The van der Waals surface area contributed by atoms with Crippen LogP contribution in [0.1, 0.15) is 19.3 Å². The summed E-state index contributed by atoms with van der Waals surface area (Å²) >= 11 is 0. The Hall–Kier alpha value is -2.05. The summed E-state index contributed by atoms with van der Waals surface area (Å²) in [5, 5.41) is 4.03. The Kier molecular flexibility index (Phi) is 4.63. The van der Waals surface area contributed by atoms with Crippen molar-refractivity contribution in [1.29, 1.82) is 0 Å². The number of morpholine rings is 1. The molecule has 2 aliphatic rings. The summed E-state index contributed by atoms with van der Waals surface area (Å²) < 4.78 is 16.7. The van der Waals surface area contributed by atoms with Crippen molar-refractivity contribution < 1.29 is 18.7 Å². The second kappa shape index (κ2) is 7.06. The van der Waals surface area contributed by atoms with E-state index in [0.717, 1.165) is 35.9 Å².